The number of nitrogens with one attached hydrogen (secondary N) is 3. The molecule has 6 nitrogen and oxygen atoms in total. The number of benzene rings is 2. The lowest BCUT2D eigenvalue weighted by atomic mass is 10.1. The zero-order valence-electron chi connectivity index (χ0n) is 13.7. The second-order valence-corrected chi connectivity index (χ2v) is 5.52. The summed E-state index contributed by atoms with van der Waals surface area (Å²) in [4.78, 5) is 22.8. The van der Waals surface area contributed by atoms with E-state index in [0.29, 0.717) is 11.4 Å². The number of anilines is 2. The van der Waals surface area contributed by atoms with Crippen molar-refractivity contribution in [2.45, 2.75) is 20.0 Å². The Labute approximate surface area is 140 Å². The molecule has 0 radical (unpaired) electrons. The quantitative estimate of drug-likeness (QED) is 0.680. The SMILES string of the molecule is CC(=O)Nc1ccc(NC(=O)NC[C@H](O)c2ccc(C)cc2)cc1. The minimum absolute atomic E-state index is 0.110. The van der Waals surface area contributed by atoms with Crippen molar-refractivity contribution < 1.29 is 14.7 Å². The fraction of sp³-hybridized carbons (Fsp3) is 0.222. The van der Waals surface area contributed by atoms with E-state index < -0.39 is 12.1 Å². The lowest BCUT2D eigenvalue weighted by Gasteiger charge is -2.13. The minimum atomic E-state index is -0.765. The van der Waals surface area contributed by atoms with Crippen molar-refractivity contribution in [2.24, 2.45) is 0 Å². The summed E-state index contributed by atoms with van der Waals surface area (Å²) >= 11 is 0. The molecule has 0 unspecified atom stereocenters. The fourth-order valence-corrected chi connectivity index (χ4v) is 2.11. The van der Waals surface area contributed by atoms with Gasteiger partial charge in [0.15, 0.2) is 0 Å². The van der Waals surface area contributed by atoms with Crippen LogP contribution in [0.2, 0.25) is 0 Å². The monoisotopic (exact) mass is 327 g/mol. The molecule has 3 amide bonds. The Morgan fingerprint density at radius 3 is 2.04 bits per heavy atom. The molecule has 0 aliphatic carbocycles. The highest BCUT2D eigenvalue weighted by Crippen LogP contribution is 2.14. The fourth-order valence-electron chi connectivity index (χ4n) is 2.11. The first-order chi connectivity index (χ1) is 11.4. The Kier molecular flexibility index (Phi) is 5.92. The molecule has 0 aromatic heterocycles. The van der Waals surface area contributed by atoms with E-state index in [0.717, 1.165) is 11.1 Å². The Bertz CT molecular complexity index is 696. The van der Waals surface area contributed by atoms with E-state index in [9.17, 15) is 14.7 Å². The topological polar surface area (TPSA) is 90.5 Å². The average molecular weight is 327 g/mol. The highest BCUT2D eigenvalue weighted by molar-refractivity contribution is 5.91. The third-order valence-corrected chi connectivity index (χ3v) is 3.38. The van der Waals surface area contributed by atoms with E-state index in [1.54, 1.807) is 24.3 Å². The average Bonchev–Trinajstić information content (AvgIpc) is 2.54. The van der Waals surface area contributed by atoms with Gasteiger partial charge in [0.25, 0.3) is 0 Å². The maximum absolute atomic E-state index is 11.9. The molecule has 2 aromatic rings. The first-order valence-corrected chi connectivity index (χ1v) is 7.61. The number of carbonyl (C=O) groups excluding carboxylic acids is 2. The molecule has 0 bridgehead atoms. The summed E-state index contributed by atoms with van der Waals surface area (Å²) in [6, 6.07) is 13.8. The highest BCUT2D eigenvalue weighted by atomic mass is 16.3. The van der Waals surface area contributed by atoms with Crippen LogP contribution in [-0.4, -0.2) is 23.6 Å². The molecular weight excluding hydrogens is 306 g/mol. The maximum atomic E-state index is 11.9. The maximum Gasteiger partial charge on any atom is 0.319 e. The first-order valence-electron chi connectivity index (χ1n) is 7.61. The number of aliphatic hydroxyl groups is 1. The summed E-state index contributed by atoms with van der Waals surface area (Å²) in [6.45, 7) is 3.51. The van der Waals surface area contributed by atoms with Gasteiger partial charge in [-0.15, -0.1) is 0 Å². The zero-order valence-corrected chi connectivity index (χ0v) is 13.7. The minimum Gasteiger partial charge on any atom is -0.387 e. The molecule has 126 valence electrons. The standard InChI is InChI=1S/C18H21N3O3/c1-12-3-5-14(6-4-12)17(23)11-19-18(24)21-16-9-7-15(8-10-16)20-13(2)22/h3-10,17,23H,11H2,1-2H3,(H,20,22)(H2,19,21,24)/t17-/m0/s1. The van der Waals surface area contributed by atoms with Gasteiger partial charge >= 0.3 is 6.03 Å². The van der Waals surface area contributed by atoms with Crippen molar-refractivity contribution in [1.29, 1.82) is 0 Å². The number of hydrogen-bond acceptors (Lipinski definition) is 3. The number of hydrogen-bond donors (Lipinski definition) is 4. The van der Waals surface area contributed by atoms with Crippen molar-refractivity contribution >= 4 is 23.3 Å². The van der Waals surface area contributed by atoms with Crippen molar-refractivity contribution in [3.8, 4) is 0 Å². The van der Waals surface area contributed by atoms with Crippen LogP contribution in [0, 0.1) is 6.92 Å². The van der Waals surface area contributed by atoms with E-state index in [2.05, 4.69) is 16.0 Å². The molecule has 0 fully saturated rings. The normalized spacial score (nSPS) is 11.5. The second-order valence-electron chi connectivity index (χ2n) is 5.52. The largest absolute Gasteiger partial charge is 0.387 e. The van der Waals surface area contributed by atoms with Gasteiger partial charge in [-0.05, 0) is 36.8 Å². The summed E-state index contributed by atoms with van der Waals surface area (Å²) in [5.74, 6) is -0.154. The van der Waals surface area contributed by atoms with Gasteiger partial charge < -0.3 is 21.1 Å². The predicted octanol–water partition coefficient (Wildman–Crippen LogP) is 2.81. The predicted molar refractivity (Wildman–Crippen MR) is 93.9 cm³/mol. The van der Waals surface area contributed by atoms with E-state index in [4.69, 9.17) is 0 Å². The molecule has 0 heterocycles. The van der Waals surface area contributed by atoms with Gasteiger partial charge in [-0.1, -0.05) is 29.8 Å². The van der Waals surface area contributed by atoms with Gasteiger partial charge in [0.05, 0.1) is 6.10 Å². The molecule has 6 heteroatoms. The number of aliphatic hydroxyl groups excluding tert-OH is 1. The first kappa shape index (κ1) is 17.5. The summed E-state index contributed by atoms with van der Waals surface area (Å²) in [5, 5.41) is 18.0. The van der Waals surface area contributed by atoms with E-state index in [1.165, 1.54) is 6.92 Å². The summed E-state index contributed by atoms with van der Waals surface area (Å²) in [5.41, 5.74) is 3.11. The van der Waals surface area contributed by atoms with Crippen LogP contribution in [0.4, 0.5) is 16.2 Å². The van der Waals surface area contributed by atoms with Crippen LogP contribution in [0.25, 0.3) is 0 Å². The van der Waals surface area contributed by atoms with E-state index in [1.807, 2.05) is 31.2 Å². The third-order valence-electron chi connectivity index (χ3n) is 3.38. The Morgan fingerprint density at radius 1 is 0.958 bits per heavy atom. The van der Waals surface area contributed by atoms with Gasteiger partial charge in [0.2, 0.25) is 5.91 Å². The zero-order chi connectivity index (χ0) is 17.5. The van der Waals surface area contributed by atoms with Crippen LogP contribution in [0.3, 0.4) is 0 Å². The van der Waals surface area contributed by atoms with Crippen LogP contribution >= 0.6 is 0 Å². The molecule has 0 spiro atoms. The van der Waals surface area contributed by atoms with E-state index >= 15 is 0 Å². The molecule has 0 aliphatic rings. The molecular formula is C18H21N3O3. The number of urea groups is 1. The number of carbonyl (C=O) groups is 2. The molecule has 24 heavy (non-hydrogen) atoms. The molecule has 4 N–H and O–H groups in total. The van der Waals surface area contributed by atoms with Crippen LogP contribution in [0.5, 0.6) is 0 Å². The summed E-state index contributed by atoms with van der Waals surface area (Å²) in [6.07, 6.45) is -0.765. The van der Waals surface area contributed by atoms with Crippen LogP contribution in [0.15, 0.2) is 48.5 Å². The number of amides is 3. The van der Waals surface area contributed by atoms with Gasteiger partial charge in [-0.25, -0.2) is 4.79 Å². The summed E-state index contributed by atoms with van der Waals surface area (Å²) in [7, 11) is 0. The van der Waals surface area contributed by atoms with Crippen molar-refractivity contribution in [1.82, 2.24) is 5.32 Å². The van der Waals surface area contributed by atoms with Crippen LogP contribution < -0.4 is 16.0 Å². The lowest BCUT2D eigenvalue weighted by molar-refractivity contribution is -0.114. The van der Waals surface area contributed by atoms with Crippen LogP contribution in [-0.2, 0) is 4.79 Å². The Morgan fingerprint density at radius 2 is 1.50 bits per heavy atom. The van der Waals surface area contributed by atoms with Crippen molar-refractivity contribution in [2.75, 3.05) is 17.2 Å². The van der Waals surface area contributed by atoms with Gasteiger partial charge in [0.1, 0.15) is 0 Å². The molecule has 1 atom stereocenters. The van der Waals surface area contributed by atoms with Gasteiger partial charge in [0, 0.05) is 24.8 Å². The lowest BCUT2D eigenvalue weighted by Crippen LogP contribution is -2.32. The molecule has 2 rings (SSSR count). The van der Waals surface area contributed by atoms with Crippen LogP contribution in [0.1, 0.15) is 24.2 Å². The van der Waals surface area contributed by atoms with Gasteiger partial charge in [-0.2, -0.15) is 0 Å². The van der Waals surface area contributed by atoms with Crippen molar-refractivity contribution in [3.63, 3.8) is 0 Å². The molecule has 0 saturated heterocycles. The number of rotatable bonds is 5. The summed E-state index contributed by atoms with van der Waals surface area (Å²) < 4.78 is 0. The molecule has 0 saturated carbocycles. The number of aryl methyl sites for hydroxylation is 1. The van der Waals surface area contributed by atoms with Crippen molar-refractivity contribution in [3.05, 3.63) is 59.7 Å². The van der Waals surface area contributed by atoms with Gasteiger partial charge in [-0.3, -0.25) is 4.79 Å². The third kappa shape index (κ3) is 5.40. The smallest absolute Gasteiger partial charge is 0.319 e. The second kappa shape index (κ2) is 8.12. The Hall–Kier alpha value is -2.86. The highest BCUT2D eigenvalue weighted by Gasteiger charge is 2.09. The molecule has 2 aromatic carbocycles. The molecule has 0 aliphatic heterocycles. The Balaban J connectivity index is 1.82. The van der Waals surface area contributed by atoms with E-state index in [-0.39, 0.29) is 12.5 Å².